The largest absolute Gasteiger partial charge is 0.504 e. The van der Waals surface area contributed by atoms with Crippen LogP contribution in [-0.2, 0) is 0 Å². The molecular formula is C14H22O2. The van der Waals surface area contributed by atoms with Crippen LogP contribution in [0.3, 0.4) is 0 Å². The van der Waals surface area contributed by atoms with Gasteiger partial charge < -0.3 is 9.84 Å². The second kappa shape index (κ2) is 8.03. The van der Waals surface area contributed by atoms with Gasteiger partial charge in [0.05, 0.1) is 6.61 Å². The lowest BCUT2D eigenvalue weighted by atomic mass is 10.1. The Balaban J connectivity index is 2.05. The summed E-state index contributed by atoms with van der Waals surface area (Å²) in [5, 5.41) is 9.46. The van der Waals surface area contributed by atoms with Gasteiger partial charge in [-0.25, -0.2) is 0 Å². The van der Waals surface area contributed by atoms with Crippen molar-refractivity contribution in [3.05, 3.63) is 24.3 Å². The number of phenolic OH excluding ortho intramolecular Hbond substituents is 1. The lowest BCUT2D eigenvalue weighted by molar-refractivity contribution is 0.289. The van der Waals surface area contributed by atoms with E-state index in [0.29, 0.717) is 12.4 Å². The Morgan fingerprint density at radius 3 is 2.44 bits per heavy atom. The van der Waals surface area contributed by atoms with Crippen molar-refractivity contribution >= 4 is 0 Å². The molecule has 2 heteroatoms. The van der Waals surface area contributed by atoms with E-state index in [1.807, 2.05) is 6.07 Å². The van der Waals surface area contributed by atoms with Gasteiger partial charge in [0, 0.05) is 0 Å². The number of aromatic hydroxyl groups is 1. The third-order valence-electron chi connectivity index (χ3n) is 2.62. The van der Waals surface area contributed by atoms with E-state index >= 15 is 0 Å². The fourth-order valence-electron chi connectivity index (χ4n) is 1.64. The van der Waals surface area contributed by atoms with Crippen molar-refractivity contribution in [2.24, 2.45) is 0 Å². The van der Waals surface area contributed by atoms with E-state index in [4.69, 9.17) is 4.74 Å². The van der Waals surface area contributed by atoms with Crippen molar-refractivity contribution in [1.82, 2.24) is 0 Å². The highest BCUT2D eigenvalue weighted by Gasteiger charge is 1.99. The molecule has 1 N–H and O–H groups in total. The Hall–Kier alpha value is -1.18. The Morgan fingerprint density at radius 1 is 1.00 bits per heavy atom. The average Bonchev–Trinajstić information content (AvgIpc) is 2.30. The highest BCUT2D eigenvalue weighted by molar-refractivity contribution is 5.37. The van der Waals surface area contributed by atoms with Crippen LogP contribution >= 0.6 is 0 Å². The summed E-state index contributed by atoms with van der Waals surface area (Å²) in [6, 6.07) is 7.12. The molecule has 16 heavy (non-hydrogen) atoms. The predicted molar refractivity (Wildman–Crippen MR) is 67.0 cm³/mol. The number of benzene rings is 1. The van der Waals surface area contributed by atoms with E-state index in [-0.39, 0.29) is 5.75 Å². The van der Waals surface area contributed by atoms with Crippen LogP contribution in [-0.4, -0.2) is 11.7 Å². The normalized spacial score (nSPS) is 10.3. The number of para-hydroxylation sites is 2. The van der Waals surface area contributed by atoms with Crippen LogP contribution in [0, 0.1) is 0 Å². The summed E-state index contributed by atoms with van der Waals surface area (Å²) < 4.78 is 5.49. The van der Waals surface area contributed by atoms with Crippen molar-refractivity contribution in [3.63, 3.8) is 0 Å². The van der Waals surface area contributed by atoms with Gasteiger partial charge in [-0.05, 0) is 18.6 Å². The van der Waals surface area contributed by atoms with E-state index in [1.165, 1.54) is 32.1 Å². The van der Waals surface area contributed by atoms with Gasteiger partial charge in [0.2, 0.25) is 0 Å². The predicted octanol–water partition coefficient (Wildman–Crippen LogP) is 4.13. The first-order valence-electron chi connectivity index (χ1n) is 6.25. The molecule has 0 aliphatic heterocycles. The zero-order valence-electron chi connectivity index (χ0n) is 10.1. The van der Waals surface area contributed by atoms with E-state index in [1.54, 1.807) is 18.2 Å². The van der Waals surface area contributed by atoms with Gasteiger partial charge in [-0.15, -0.1) is 0 Å². The molecule has 90 valence electrons. The Morgan fingerprint density at radius 2 is 1.69 bits per heavy atom. The zero-order valence-corrected chi connectivity index (χ0v) is 10.1. The molecule has 0 saturated carbocycles. The van der Waals surface area contributed by atoms with Gasteiger partial charge in [0.15, 0.2) is 11.5 Å². The van der Waals surface area contributed by atoms with Gasteiger partial charge >= 0.3 is 0 Å². The molecule has 0 unspecified atom stereocenters. The standard InChI is InChI=1S/C14H22O2/c1-2-3-4-5-6-9-12-16-14-11-8-7-10-13(14)15/h7-8,10-11,15H,2-6,9,12H2,1H3. The van der Waals surface area contributed by atoms with Crippen molar-refractivity contribution in [1.29, 1.82) is 0 Å². The van der Waals surface area contributed by atoms with Crippen LogP contribution in [0.2, 0.25) is 0 Å². The van der Waals surface area contributed by atoms with Crippen molar-refractivity contribution in [3.8, 4) is 11.5 Å². The Kier molecular flexibility index (Phi) is 6.47. The van der Waals surface area contributed by atoms with Gasteiger partial charge in [-0.2, -0.15) is 0 Å². The molecule has 0 aromatic heterocycles. The number of ether oxygens (including phenoxy) is 1. The molecule has 0 heterocycles. The maximum Gasteiger partial charge on any atom is 0.160 e. The molecule has 0 atom stereocenters. The smallest absolute Gasteiger partial charge is 0.160 e. The first-order chi connectivity index (χ1) is 7.84. The number of phenols is 1. The molecule has 0 bridgehead atoms. The molecule has 1 rings (SSSR count). The van der Waals surface area contributed by atoms with Gasteiger partial charge in [0.25, 0.3) is 0 Å². The van der Waals surface area contributed by atoms with E-state index in [2.05, 4.69) is 6.92 Å². The summed E-state index contributed by atoms with van der Waals surface area (Å²) >= 11 is 0. The van der Waals surface area contributed by atoms with Crippen LogP contribution in [0.1, 0.15) is 45.4 Å². The monoisotopic (exact) mass is 222 g/mol. The van der Waals surface area contributed by atoms with Gasteiger partial charge in [-0.1, -0.05) is 51.2 Å². The summed E-state index contributed by atoms with van der Waals surface area (Å²) in [7, 11) is 0. The maximum absolute atomic E-state index is 9.46. The zero-order chi connectivity index (χ0) is 11.6. The number of hydrogen-bond acceptors (Lipinski definition) is 2. The number of unbranched alkanes of at least 4 members (excludes halogenated alkanes) is 5. The van der Waals surface area contributed by atoms with Crippen molar-refractivity contribution in [2.45, 2.75) is 45.4 Å². The first kappa shape index (κ1) is 12.9. The lowest BCUT2D eigenvalue weighted by Gasteiger charge is -2.07. The van der Waals surface area contributed by atoms with Crippen molar-refractivity contribution < 1.29 is 9.84 Å². The molecule has 0 saturated heterocycles. The number of hydrogen-bond donors (Lipinski definition) is 1. The highest BCUT2D eigenvalue weighted by atomic mass is 16.5. The fourth-order valence-corrected chi connectivity index (χ4v) is 1.64. The van der Waals surface area contributed by atoms with Gasteiger partial charge in [-0.3, -0.25) is 0 Å². The van der Waals surface area contributed by atoms with E-state index < -0.39 is 0 Å². The lowest BCUT2D eigenvalue weighted by Crippen LogP contribution is -1.97. The molecule has 0 amide bonds. The summed E-state index contributed by atoms with van der Waals surface area (Å²) in [5.74, 6) is 0.824. The number of rotatable bonds is 8. The SMILES string of the molecule is CCCCCCCCOc1ccccc1O. The fraction of sp³-hybridized carbons (Fsp3) is 0.571. The third kappa shape index (κ3) is 5.06. The van der Waals surface area contributed by atoms with Crippen LogP contribution in [0.25, 0.3) is 0 Å². The summed E-state index contributed by atoms with van der Waals surface area (Å²) in [6.45, 7) is 2.92. The van der Waals surface area contributed by atoms with Crippen molar-refractivity contribution in [2.75, 3.05) is 6.61 Å². The van der Waals surface area contributed by atoms with Crippen LogP contribution < -0.4 is 4.74 Å². The van der Waals surface area contributed by atoms with Crippen LogP contribution in [0.15, 0.2) is 24.3 Å². The molecule has 2 nitrogen and oxygen atoms in total. The minimum absolute atomic E-state index is 0.230. The quantitative estimate of drug-likeness (QED) is 0.670. The second-order valence-electron chi connectivity index (χ2n) is 4.08. The Labute approximate surface area is 98.3 Å². The molecular weight excluding hydrogens is 200 g/mol. The highest BCUT2D eigenvalue weighted by Crippen LogP contribution is 2.24. The van der Waals surface area contributed by atoms with Crippen LogP contribution in [0.5, 0.6) is 11.5 Å². The molecule has 1 aromatic rings. The molecule has 0 radical (unpaired) electrons. The molecule has 0 aliphatic rings. The van der Waals surface area contributed by atoms with Crippen LogP contribution in [0.4, 0.5) is 0 Å². The summed E-state index contributed by atoms with van der Waals surface area (Å²) in [6.07, 6.45) is 7.52. The molecule has 1 aromatic carbocycles. The molecule has 0 aliphatic carbocycles. The third-order valence-corrected chi connectivity index (χ3v) is 2.62. The Bertz CT molecular complexity index is 284. The first-order valence-corrected chi connectivity index (χ1v) is 6.25. The minimum atomic E-state index is 0.230. The average molecular weight is 222 g/mol. The molecule has 0 fully saturated rings. The molecule has 0 spiro atoms. The summed E-state index contributed by atoms with van der Waals surface area (Å²) in [5.41, 5.74) is 0. The second-order valence-corrected chi connectivity index (χ2v) is 4.08. The van der Waals surface area contributed by atoms with Gasteiger partial charge in [0.1, 0.15) is 0 Å². The maximum atomic E-state index is 9.46. The van der Waals surface area contributed by atoms with E-state index in [0.717, 1.165) is 6.42 Å². The summed E-state index contributed by atoms with van der Waals surface area (Å²) in [4.78, 5) is 0. The minimum Gasteiger partial charge on any atom is -0.504 e. The van der Waals surface area contributed by atoms with E-state index in [9.17, 15) is 5.11 Å². The topological polar surface area (TPSA) is 29.5 Å².